The highest BCUT2D eigenvalue weighted by molar-refractivity contribution is 5.74. The van der Waals surface area contributed by atoms with Crippen molar-refractivity contribution < 1.29 is 14.3 Å². The van der Waals surface area contributed by atoms with Crippen LogP contribution in [0, 0.1) is 0 Å². The van der Waals surface area contributed by atoms with Crippen LogP contribution in [0.25, 0.3) is 0 Å². The predicted octanol–water partition coefficient (Wildman–Crippen LogP) is 2.70. The largest absolute Gasteiger partial charge is 0.493 e. The second kappa shape index (κ2) is 9.55. The summed E-state index contributed by atoms with van der Waals surface area (Å²) >= 11 is 0. The number of nitrogens with two attached hydrogens (primary N) is 1. The molecule has 112 valence electrons. The Labute approximate surface area is 125 Å². The molecule has 0 fully saturated rings. The van der Waals surface area contributed by atoms with Gasteiger partial charge in [0.05, 0.1) is 14.2 Å². The zero-order chi connectivity index (χ0) is 15.5. The number of carbonyl (C=O) groups is 1. The Morgan fingerprint density at radius 2 is 1.67 bits per heavy atom. The average Bonchev–Trinajstić information content (AvgIpc) is 2.56. The monoisotopic (exact) mass is 287 g/mol. The highest BCUT2D eigenvalue weighted by Crippen LogP contribution is 2.27. The van der Waals surface area contributed by atoms with Crippen LogP contribution in [0.4, 0.5) is 0 Å². The molecule has 4 heteroatoms. The molecule has 0 aromatic heterocycles. The minimum atomic E-state index is 0.648. The number of benzene rings is 2. The SMILES string of the molecule is COc1ccc(CCN)cc1OC.O=Cc1ccccc1. The van der Waals surface area contributed by atoms with Gasteiger partial charge in [-0.15, -0.1) is 0 Å². The van der Waals surface area contributed by atoms with Crippen molar-refractivity contribution >= 4 is 6.29 Å². The lowest BCUT2D eigenvalue weighted by Gasteiger charge is -2.08. The van der Waals surface area contributed by atoms with Gasteiger partial charge in [0.2, 0.25) is 0 Å². The maximum absolute atomic E-state index is 10.0. The van der Waals surface area contributed by atoms with Crippen molar-refractivity contribution in [1.29, 1.82) is 0 Å². The molecular weight excluding hydrogens is 266 g/mol. The van der Waals surface area contributed by atoms with Crippen LogP contribution in [0.15, 0.2) is 48.5 Å². The van der Waals surface area contributed by atoms with E-state index in [2.05, 4.69) is 0 Å². The molecule has 2 N–H and O–H groups in total. The molecule has 0 spiro atoms. The normalized spacial score (nSPS) is 9.29. The lowest BCUT2D eigenvalue weighted by Crippen LogP contribution is -2.03. The van der Waals surface area contributed by atoms with Gasteiger partial charge in [-0.05, 0) is 30.7 Å². The van der Waals surface area contributed by atoms with E-state index in [9.17, 15) is 4.79 Å². The fraction of sp³-hybridized carbons (Fsp3) is 0.235. The first-order valence-electron chi connectivity index (χ1n) is 6.66. The van der Waals surface area contributed by atoms with E-state index in [1.165, 1.54) is 5.56 Å². The Balaban J connectivity index is 0.000000235. The Bertz CT molecular complexity index is 541. The summed E-state index contributed by atoms with van der Waals surface area (Å²) < 4.78 is 10.3. The van der Waals surface area contributed by atoms with Crippen molar-refractivity contribution in [2.24, 2.45) is 5.73 Å². The second-order valence-corrected chi connectivity index (χ2v) is 4.26. The molecule has 2 aromatic rings. The molecule has 21 heavy (non-hydrogen) atoms. The van der Waals surface area contributed by atoms with E-state index in [4.69, 9.17) is 15.2 Å². The quantitative estimate of drug-likeness (QED) is 0.859. The molecule has 0 aliphatic rings. The molecule has 2 rings (SSSR count). The Hall–Kier alpha value is -2.33. The number of carbonyl (C=O) groups excluding carboxylic acids is 1. The van der Waals surface area contributed by atoms with E-state index in [1.54, 1.807) is 26.4 Å². The maximum Gasteiger partial charge on any atom is 0.160 e. The fourth-order valence-corrected chi connectivity index (χ4v) is 1.73. The minimum absolute atomic E-state index is 0.648. The van der Waals surface area contributed by atoms with E-state index in [1.807, 2.05) is 36.4 Å². The van der Waals surface area contributed by atoms with Crippen LogP contribution < -0.4 is 15.2 Å². The van der Waals surface area contributed by atoms with Gasteiger partial charge in [0.1, 0.15) is 6.29 Å². The molecule has 0 heterocycles. The third kappa shape index (κ3) is 5.67. The molecule has 2 aromatic carbocycles. The standard InChI is InChI=1S/C10H15NO2.C7H6O/c1-12-9-4-3-8(5-6-11)7-10(9)13-2;8-6-7-4-2-1-3-5-7/h3-4,7H,5-6,11H2,1-2H3;1-6H. The maximum atomic E-state index is 10.0. The van der Waals surface area contributed by atoms with Crippen molar-refractivity contribution in [3.05, 3.63) is 59.7 Å². The predicted molar refractivity (Wildman–Crippen MR) is 84.1 cm³/mol. The lowest BCUT2D eigenvalue weighted by atomic mass is 10.1. The first kappa shape index (κ1) is 16.7. The summed E-state index contributed by atoms with van der Waals surface area (Å²) in [7, 11) is 3.25. The van der Waals surface area contributed by atoms with Crippen LogP contribution in [0.1, 0.15) is 15.9 Å². The third-order valence-corrected chi connectivity index (χ3v) is 2.82. The van der Waals surface area contributed by atoms with Crippen molar-refractivity contribution in [3.63, 3.8) is 0 Å². The van der Waals surface area contributed by atoms with Gasteiger partial charge in [0.25, 0.3) is 0 Å². The number of aldehydes is 1. The van der Waals surface area contributed by atoms with Gasteiger partial charge in [0, 0.05) is 5.56 Å². The van der Waals surface area contributed by atoms with Crippen molar-refractivity contribution in [2.75, 3.05) is 20.8 Å². The molecule has 0 saturated carbocycles. The van der Waals surface area contributed by atoms with Crippen molar-refractivity contribution in [3.8, 4) is 11.5 Å². The highest BCUT2D eigenvalue weighted by atomic mass is 16.5. The number of methoxy groups -OCH3 is 2. The zero-order valence-electron chi connectivity index (χ0n) is 12.4. The van der Waals surface area contributed by atoms with Gasteiger partial charge in [-0.2, -0.15) is 0 Å². The minimum Gasteiger partial charge on any atom is -0.493 e. The molecule has 0 radical (unpaired) electrons. The van der Waals surface area contributed by atoms with Crippen LogP contribution in [0.5, 0.6) is 11.5 Å². The van der Waals surface area contributed by atoms with Gasteiger partial charge in [-0.3, -0.25) is 4.79 Å². The highest BCUT2D eigenvalue weighted by Gasteiger charge is 2.03. The summed E-state index contributed by atoms with van der Waals surface area (Å²) in [6.07, 6.45) is 1.69. The van der Waals surface area contributed by atoms with Gasteiger partial charge < -0.3 is 15.2 Å². The van der Waals surface area contributed by atoms with E-state index in [-0.39, 0.29) is 0 Å². The summed E-state index contributed by atoms with van der Waals surface area (Å²) in [5.41, 5.74) is 7.35. The van der Waals surface area contributed by atoms with Gasteiger partial charge in [-0.25, -0.2) is 0 Å². The molecule has 0 atom stereocenters. The molecule has 0 aliphatic heterocycles. The van der Waals surface area contributed by atoms with E-state index in [0.29, 0.717) is 6.54 Å². The number of hydrogen-bond acceptors (Lipinski definition) is 4. The Morgan fingerprint density at radius 3 is 2.14 bits per heavy atom. The van der Waals surface area contributed by atoms with Crippen LogP contribution >= 0.6 is 0 Å². The molecule has 0 bridgehead atoms. The molecule has 0 unspecified atom stereocenters. The smallest absolute Gasteiger partial charge is 0.160 e. The fourth-order valence-electron chi connectivity index (χ4n) is 1.73. The van der Waals surface area contributed by atoms with Crippen LogP contribution in [-0.2, 0) is 6.42 Å². The van der Waals surface area contributed by atoms with Gasteiger partial charge >= 0.3 is 0 Å². The topological polar surface area (TPSA) is 61.6 Å². The molecule has 0 saturated heterocycles. The zero-order valence-corrected chi connectivity index (χ0v) is 12.4. The van der Waals surface area contributed by atoms with Crippen molar-refractivity contribution in [1.82, 2.24) is 0 Å². The molecule has 4 nitrogen and oxygen atoms in total. The first-order valence-corrected chi connectivity index (χ1v) is 6.66. The summed E-state index contributed by atoms with van der Waals surface area (Å²) in [5.74, 6) is 1.51. The summed E-state index contributed by atoms with van der Waals surface area (Å²) in [6.45, 7) is 0.648. The molecule has 0 aliphatic carbocycles. The first-order chi connectivity index (χ1) is 10.2. The number of ether oxygens (including phenoxy) is 2. The Kier molecular flexibility index (Phi) is 7.61. The molecular formula is C17H21NO3. The Morgan fingerprint density at radius 1 is 1.00 bits per heavy atom. The second-order valence-electron chi connectivity index (χ2n) is 4.26. The van der Waals surface area contributed by atoms with E-state index < -0.39 is 0 Å². The summed E-state index contributed by atoms with van der Waals surface area (Å²) in [4.78, 5) is 10.0. The van der Waals surface area contributed by atoms with E-state index >= 15 is 0 Å². The van der Waals surface area contributed by atoms with Gasteiger partial charge in [0.15, 0.2) is 11.5 Å². The van der Waals surface area contributed by atoms with Crippen molar-refractivity contribution in [2.45, 2.75) is 6.42 Å². The molecule has 0 amide bonds. The van der Waals surface area contributed by atoms with Crippen LogP contribution in [-0.4, -0.2) is 27.1 Å². The van der Waals surface area contributed by atoms with Crippen LogP contribution in [0.2, 0.25) is 0 Å². The third-order valence-electron chi connectivity index (χ3n) is 2.82. The van der Waals surface area contributed by atoms with Gasteiger partial charge in [-0.1, -0.05) is 36.4 Å². The lowest BCUT2D eigenvalue weighted by molar-refractivity contribution is 0.112. The average molecular weight is 287 g/mol. The summed E-state index contributed by atoms with van der Waals surface area (Å²) in [6, 6.07) is 14.9. The number of hydrogen-bond donors (Lipinski definition) is 1. The van der Waals surface area contributed by atoms with E-state index in [0.717, 1.165) is 29.8 Å². The number of rotatable bonds is 5. The summed E-state index contributed by atoms with van der Waals surface area (Å²) in [5, 5.41) is 0. The van der Waals surface area contributed by atoms with Crippen LogP contribution in [0.3, 0.4) is 0 Å².